The molecule has 1 heteroatoms. The summed E-state index contributed by atoms with van der Waals surface area (Å²) in [6.07, 6.45) is 6.60. The van der Waals surface area contributed by atoms with Gasteiger partial charge in [-0.05, 0) is 50.1 Å². The van der Waals surface area contributed by atoms with Crippen LogP contribution < -0.4 is 5.32 Å². The molecule has 1 nitrogen and oxygen atoms in total. The van der Waals surface area contributed by atoms with Gasteiger partial charge in [-0.2, -0.15) is 0 Å². The smallest absolute Gasteiger partial charge is 0.00697 e. The van der Waals surface area contributed by atoms with Gasteiger partial charge in [-0.15, -0.1) is 0 Å². The van der Waals surface area contributed by atoms with Crippen molar-refractivity contribution in [3.05, 3.63) is 35.9 Å². The lowest BCUT2D eigenvalue weighted by atomic mass is 9.91. The molecule has 1 saturated heterocycles. The maximum absolute atomic E-state index is 3.64. The summed E-state index contributed by atoms with van der Waals surface area (Å²) in [6, 6.07) is 11.6. The highest BCUT2D eigenvalue weighted by Crippen LogP contribution is 2.18. The third-order valence-corrected chi connectivity index (χ3v) is 3.62. The summed E-state index contributed by atoms with van der Waals surface area (Å²) in [5.74, 6) is 0.919. The molecule has 0 amide bonds. The van der Waals surface area contributed by atoms with Gasteiger partial charge in [-0.3, -0.25) is 0 Å². The Morgan fingerprint density at radius 2 is 2.06 bits per heavy atom. The molecule has 2 rings (SSSR count). The maximum atomic E-state index is 3.64. The van der Waals surface area contributed by atoms with Crippen LogP contribution in [0, 0.1) is 5.92 Å². The zero-order valence-electron chi connectivity index (χ0n) is 10.3. The van der Waals surface area contributed by atoms with E-state index in [0.29, 0.717) is 0 Å². The molecular weight excluding hydrogens is 194 g/mol. The molecule has 1 aromatic carbocycles. The highest BCUT2D eigenvalue weighted by molar-refractivity contribution is 5.14. The molecule has 16 heavy (non-hydrogen) atoms. The van der Waals surface area contributed by atoms with Crippen molar-refractivity contribution in [1.29, 1.82) is 0 Å². The van der Waals surface area contributed by atoms with Gasteiger partial charge in [0.2, 0.25) is 0 Å². The Hall–Kier alpha value is -0.820. The number of piperidine rings is 1. The Bertz CT molecular complexity index is 294. The van der Waals surface area contributed by atoms with Crippen molar-refractivity contribution in [2.24, 2.45) is 5.92 Å². The fraction of sp³-hybridized carbons (Fsp3) is 0.600. The topological polar surface area (TPSA) is 12.0 Å². The lowest BCUT2D eigenvalue weighted by molar-refractivity contribution is 0.304. The Balaban J connectivity index is 1.68. The van der Waals surface area contributed by atoms with Crippen LogP contribution in [-0.2, 0) is 6.42 Å². The molecule has 0 spiro atoms. The fourth-order valence-electron chi connectivity index (χ4n) is 2.64. The van der Waals surface area contributed by atoms with Crippen LogP contribution in [0.2, 0.25) is 0 Å². The molecule has 0 radical (unpaired) electrons. The summed E-state index contributed by atoms with van der Waals surface area (Å²) in [5, 5.41) is 3.64. The van der Waals surface area contributed by atoms with Crippen LogP contribution in [0.25, 0.3) is 0 Å². The van der Waals surface area contributed by atoms with E-state index in [4.69, 9.17) is 0 Å². The molecule has 0 saturated carbocycles. The predicted octanol–water partition coefficient (Wildman–Crippen LogP) is 3.40. The molecule has 1 N–H and O–H groups in total. The SMILES string of the molecule is CC1CCNC(CCCc2ccccc2)C1. The van der Waals surface area contributed by atoms with Crippen LogP contribution in [-0.4, -0.2) is 12.6 Å². The van der Waals surface area contributed by atoms with E-state index in [0.717, 1.165) is 12.0 Å². The van der Waals surface area contributed by atoms with Crippen molar-refractivity contribution in [3.63, 3.8) is 0 Å². The number of benzene rings is 1. The molecule has 1 aliphatic heterocycles. The summed E-state index contributed by atoms with van der Waals surface area (Å²) in [4.78, 5) is 0. The van der Waals surface area contributed by atoms with Gasteiger partial charge in [0.1, 0.15) is 0 Å². The number of rotatable bonds is 4. The largest absolute Gasteiger partial charge is 0.314 e. The first kappa shape index (κ1) is 11.7. The second-order valence-electron chi connectivity index (χ2n) is 5.16. The minimum Gasteiger partial charge on any atom is -0.314 e. The van der Waals surface area contributed by atoms with E-state index >= 15 is 0 Å². The first-order valence-electron chi connectivity index (χ1n) is 6.62. The zero-order chi connectivity index (χ0) is 11.2. The highest BCUT2D eigenvalue weighted by atomic mass is 14.9. The van der Waals surface area contributed by atoms with Crippen molar-refractivity contribution in [2.45, 2.75) is 45.1 Å². The molecule has 2 atom stereocenters. The van der Waals surface area contributed by atoms with E-state index in [9.17, 15) is 0 Å². The summed E-state index contributed by atoms with van der Waals surface area (Å²) < 4.78 is 0. The molecule has 2 unspecified atom stereocenters. The molecule has 0 aromatic heterocycles. The van der Waals surface area contributed by atoms with E-state index < -0.39 is 0 Å². The van der Waals surface area contributed by atoms with Crippen LogP contribution in [0.4, 0.5) is 0 Å². The van der Waals surface area contributed by atoms with E-state index in [2.05, 4.69) is 42.6 Å². The maximum Gasteiger partial charge on any atom is 0.00697 e. The van der Waals surface area contributed by atoms with Gasteiger partial charge in [0.15, 0.2) is 0 Å². The molecule has 1 fully saturated rings. The van der Waals surface area contributed by atoms with Gasteiger partial charge < -0.3 is 5.32 Å². The monoisotopic (exact) mass is 217 g/mol. The van der Waals surface area contributed by atoms with Crippen molar-refractivity contribution >= 4 is 0 Å². The van der Waals surface area contributed by atoms with Gasteiger partial charge in [0.25, 0.3) is 0 Å². The lowest BCUT2D eigenvalue weighted by Crippen LogP contribution is -2.37. The average molecular weight is 217 g/mol. The molecule has 88 valence electrons. The highest BCUT2D eigenvalue weighted by Gasteiger charge is 2.17. The molecule has 1 aromatic rings. The Morgan fingerprint density at radius 3 is 2.81 bits per heavy atom. The minimum absolute atomic E-state index is 0.771. The summed E-state index contributed by atoms with van der Waals surface area (Å²) >= 11 is 0. The Labute approximate surface area is 99.3 Å². The number of aryl methyl sites for hydroxylation is 1. The minimum atomic E-state index is 0.771. The Morgan fingerprint density at radius 1 is 1.25 bits per heavy atom. The van der Waals surface area contributed by atoms with Gasteiger partial charge in [-0.25, -0.2) is 0 Å². The van der Waals surface area contributed by atoms with Crippen LogP contribution >= 0.6 is 0 Å². The standard InChI is InChI=1S/C15H23N/c1-13-10-11-16-15(12-13)9-5-8-14-6-3-2-4-7-14/h2-4,6-7,13,15-16H,5,8-12H2,1H3. The van der Waals surface area contributed by atoms with Crippen molar-refractivity contribution in [3.8, 4) is 0 Å². The van der Waals surface area contributed by atoms with E-state index in [1.54, 1.807) is 0 Å². The third-order valence-electron chi connectivity index (χ3n) is 3.62. The molecular formula is C15H23N. The van der Waals surface area contributed by atoms with Crippen molar-refractivity contribution in [2.75, 3.05) is 6.54 Å². The van der Waals surface area contributed by atoms with Gasteiger partial charge >= 0.3 is 0 Å². The fourth-order valence-corrected chi connectivity index (χ4v) is 2.64. The number of hydrogen-bond acceptors (Lipinski definition) is 1. The molecule has 0 aliphatic carbocycles. The Kier molecular flexibility index (Phi) is 4.41. The van der Waals surface area contributed by atoms with Crippen LogP contribution in [0.3, 0.4) is 0 Å². The van der Waals surface area contributed by atoms with Crippen LogP contribution in [0.5, 0.6) is 0 Å². The number of nitrogens with one attached hydrogen (secondary N) is 1. The van der Waals surface area contributed by atoms with Crippen LogP contribution in [0.1, 0.15) is 38.2 Å². The van der Waals surface area contributed by atoms with E-state index in [1.165, 1.54) is 44.2 Å². The van der Waals surface area contributed by atoms with Gasteiger partial charge in [0.05, 0.1) is 0 Å². The zero-order valence-corrected chi connectivity index (χ0v) is 10.3. The van der Waals surface area contributed by atoms with Crippen molar-refractivity contribution in [1.82, 2.24) is 5.32 Å². The van der Waals surface area contributed by atoms with E-state index in [1.807, 2.05) is 0 Å². The second kappa shape index (κ2) is 6.05. The molecule has 1 heterocycles. The second-order valence-corrected chi connectivity index (χ2v) is 5.16. The van der Waals surface area contributed by atoms with Gasteiger partial charge in [-0.1, -0.05) is 37.3 Å². The first-order chi connectivity index (χ1) is 7.84. The third kappa shape index (κ3) is 3.64. The number of hydrogen-bond donors (Lipinski definition) is 1. The normalized spacial score (nSPS) is 25.6. The van der Waals surface area contributed by atoms with Gasteiger partial charge in [0, 0.05) is 6.04 Å². The lowest BCUT2D eigenvalue weighted by Gasteiger charge is -2.28. The van der Waals surface area contributed by atoms with Crippen molar-refractivity contribution < 1.29 is 0 Å². The predicted molar refractivity (Wildman–Crippen MR) is 69.6 cm³/mol. The average Bonchev–Trinajstić information content (AvgIpc) is 2.30. The molecule has 1 aliphatic rings. The summed E-state index contributed by atoms with van der Waals surface area (Å²) in [7, 11) is 0. The van der Waals surface area contributed by atoms with E-state index in [-0.39, 0.29) is 0 Å². The quantitative estimate of drug-likeness (QED) is 0.815. The van der Waals surface area contributed by atoms with Crippen LogP contribution in [0.15, 0.2) is 30.3 Å². The first-order valence-corrected chi connectivity index (χ1v) is 6.62. The molecule has 0 bridgehead atoms. The summed E-state index contributed by atoms with van der Waals surface area (Å²) in [6.45, 7) is 3.60. The summed E-state index contributed by atoms with van der Waals surface area (Å²) in [5.41, 5.74) is 1.48.